The first-order chi connectivity index (χ1) is 10.0. The zero-order chi connectivity index (χ0) is 15.7. The second-order valence-corrected chi connectivity index (χ2v) is 4.13. The van der Waals surface area contributed by atoms with Crippen LogP contribution in [0.25, 0.3) is 0 Å². The lowest BCUT2D eigenvalue weighted by Gasteiger charge is -2.10. The van der Waals surface area contributed by atoms with E-state index in [9.17, 15) is 18.4 Å². The molecule has 1 aromatic rings. The Morgan fingerprint density at radius 3 is 2.67 bits per heavy atom. The Balaban J connectivity index is 2.54. The van der Waals surface area contributed by atoms with Crippen LogP contribution in [-0.2, 0) is 9.53 Å². The molecule has 1 N–H and O–H groups in total. The number of ether oxygens (including phenoxy) is 2. The number of carbonyl (C=O) groups excluding carboxylic acids is 2. The highest BCUT2D eigenvalue weighted by molar-refractivity contribution is 5.98. The van der Waals surface area contributed by atoms with Crippen LogP contribution in [0.15, 0.2) is 24.3 Å². The number of hydrogen-bond donors (Lipinski definition) is 1. The van der Waals surface area contributed by atoms with Crippen molar-refractivity contribution >= 4 is 11.9 Å². The predicted molar refractivity (Wildman–Crippen MR) is 71.3 cm³/mol. The molecule has 0 atom stereocenters. The maximum absolute atomic E-state index is 12.2. The number of esters is 1. The number of nitrogens with one attached hydrogen (secondary N) is 1. The molecule has 7 heteroatoms. The van der Waals surface area contributed by atoms with Gasteiger partial charge in [0.15, 0.2) is 0 Å². The minimum Gasteiger partial charge on any atom is -0.464 e. The highest BCUT2D eigenvalue weighted by Crippen LogP contribution is 2.19. The maximum Gasteiger partial charge on any atom is 0.387 e. The van der Waals surface area contributed by atoms with Crippen molar-refractivity contribution in [3.63, 3.8) is 0 Å². The topological polar surface area (TPSA) is 64.6 Å². The molecular weight excluding hydrogens is 284 g/mol. The van der Waals surface area contributed by atoms with Gasteiger partial charge in [-0.25, -0.2) is 0 Å². The van der Waals surface area contributed by atoms with Crippen molar-refractivity contribution in [3.05, 3.63) is 29.8 Å². The molecule has 0 fully saturated rings. The standard InChI is InChI=1S/C14H17F2NO4/c1-2-3-8-20-12(18)9-17-13(19)10-6-4-5-7-11(10)21-14(15)16/h4-7,14H,2-3,8-9H2,1H3,(H,17,19). The molecule has 116 valence electrons. The van der Waals surface area contributed by atoms with Crippen molar-refractivity contribution < 1.29 is 27.8 Å². The van der Waals surface area contributed by atoms with Gasteiger partial charge >= 0.3 is 12.6 Å². The Kier molecular flexibility index (Phi) is 7.14. The van der Waals surface area contributed by atoms with Gasteiger partial charge in [-0.3, -0.25) is 9.59 Å². The van der Waals surface area contributed by atoms with E-state index in [-0.39, 0.29) is 24.5 Å². The average molecular weight is 301 g/mol. The van der Waals surface area contributed by atoms with Crippen LogP contribution in [0.4, 0.5) is 8.78 Å². The third-order valence-electron chi connectivity index (χ3n) is 2.50. The number of carbonyl (C=O) groups is 2. The Morgan fingerprint density at radius 2 is 2.00 bits per heavy atom. The number of alkyl halides is 2. The van der Waals surface area contributed by atoms with E-state index in [0.29, 0.717) is 0 Å². The summed E-state index contributed by atoms with van der Waals surface area (Å²) in [4.78, 5) is 23.2. The molecule has 0 saturated carbocycles. The van der Waals surface area contributed by atoms with Crippen LogP contribution in [0, 0.1) is 0 Å². The van der Waals surface area contributed by atoms with Gasteiger partial charge in [-0.2, -0.15) is 8.78 Å². The van der Waals surface area contributed by atoms with Crippen LogP contribution in [-0.4, -0.2) is 31.6 Å². The van der Waals surface area contributed by atoms with Crippen molar-refractivity contribution in [1.29, 1.82) is 0 Å². The van der Waals surface area contributed by atoms with Gasteiger partial charge in [0.25, 0.3) is 5.91 Å². The first-order valence-electron chi connectivity index (χ1n) is 6.52. The molecule has 0 unspecified atom stereocenters. The maximum atomic E-state index is 12.2. The van der Waals surface area contributed by atoms with Crippen LogP contribution in [0.2, 0.25) is 0 Å². The second-order valence-electron chi connectivity index (χ2n) is 4.13. The van der Waals surface area contributed by atoms with Crippen molar-refractivity contribution in [3.8, 4) is 5.75 Å². The van der Waals surface area contributed by atoms with E-state index in [1.807, 2.05) is 6.92 Å². The molecule has 0 spiro atoms. The van der Waals surface area contributed by atoms with Crippen LogP contribution in [0.5, 0.6) is 5.75 Å². The van der Waals surface area contributed by atoms with E-state index in [0.717, 1.165) is 12.8 Å². The fourth-order valence-electron chi connectivity index (χ4n) is 1.48. The number of halogens is 2. The third kappa shape index (κ3) is 6.20. The first kappa shape index (κ1) is 16.9. The summed E-state index contributed by atoms with van der Waals surface area (Å²) in [6.45, 7) is -1.12. The number of amides is 1. The summed E-state index contributed by atoms with van der Waals surface area (Å²) < 4.78 is 33.5. The molecule has 1 aromatic carbocycles. The monoisotopic (exact) mass is 301 g/mol. The molecule has 1 rings (SSSR count). The minimum absolute atomic E-state index is 0.0702. The minimum atomic E-state index is -3.03. The van der Waals surface area contributed by atoms with Gasteiger partial charge in [0, 0.05) is 0 Å². The average Bonchev–Trinajstić information content (AvgIpc) is 2.45. The summed E-state index contributed by atoms with van der Waals surface area (Å²) in [7, 11) is 0. The van der Waals surface area contributed by atoms with Gasteiger partial charge in [-0.15, -0.1) is 0 Å². The molecule has 0 radical (unpaired) electrons. The predicted octanol–water partition coefficient (Wildman–Crippen LogP) is 2.36. The molecule has 0 aliphatic rings. The molecule has 0 heterocycles. The van der Waals surface area contributed by atoms with Gasteiger partial charge in [-0.05, 0) is 18.6 Å². The zero-order valence-electron chi connectivity index (χ0n) is 11.6. The summed E-state index contributed by atoms with van der Waals surface area (Å²) in [5.74, 6) is -1.51. The Labute approximate surface area is 121 Å². The zero-order valence-corrected chi connectivity index (χ0v) is 11.6. The van der Waals surface area contributed by atoms with E-state index in [1.165, 1.54) is 24.3 Å². The van der Waals surface area contributed by atoms with Crippen LogP contribution >= 0.6 is 0 Å². The van der Waals surface area contributed by atoms with Gasteiger partial charge in [0.2, 0.25) is 0 Å². The Bertz CT molecular complexity index is 480. The van der Waals surface area contributed by atoms with E-state index >= 15 is 0 Å². The van der Waals surface area contributed by atoms with Crippen LogP contribution < -0.4 is 10.1 Å². The van der Waals surface area contributed by atoms with Crippen molar-refractivity contribution in [2.24, 2.45) is 0 Å². The van der Waals surface area contributed by atoms with E-state index in [1.54, 1.807) is 0 Å². The SMILES string of the molecule is CCCCOC(=O)CNC(=O)c1ccccc1OC(F)F. The van der Waals surface area contributed by atoms with Gasteiger partial charge < -0.3 is 14.8 Å². The number of rotatable bonds is 8. The summed E-state index contributed by atoms with van der Waals surface area (Å²) >= 11 is 0. The number of para-hydroxylation sites is 1. The molecular formula is C14H17F2NO4. The molecule has 21 heavy (non-hydrogen) atoms. The van der Waals surface area contributed by atoms with E-state index in [2.05, 4.69) is 10.1 Å². The lowest BCUT2D eigenvalue weighted by molar-refractivity contribution is -0.142. The fourth-order valence-corrected chi connectivity index (χ4v) is 1.48. The van der Waals surface area contributed by atoms with Gasteiger partial charge in [-0.1, -0.05) is 25.5 Å². The Morgan fingerprint density at radius 1 is 1.29 bits per heavy atom. The van der Waals surface area contributed by atoms with Crippen LogP contribution in [0.3, 0.4) is 0 Å². The van der Waals surface area contributed by atoms with E-state index in [4.69, 9.17) is 4.74 Å². The normalized spacial score (nSPS) is 10.3. The van der Waals surface area contributed by atoms with Crippen molar-refractivity contribution in [2.75, 3.05) is 13.2 Å². The lowest BCUT2D eigenvalue weighted by Crippen LogP contribution is -2.31. The lowest BCUT2D eigenvalue weighted by atomic mass is 10.2. The highest BCUT2D eigenvalue weighted by atomic mass is 19.3. The summed E-state index contributed by atoms with van der Waals surface area (Å²) in [5.41, 5.74) is -0.0702. The first-order valence-corrected chi connectivity index (χ1v) is 6.52. The van der Waals surface area contributed by atoms with Gasteiger partial charge in [0.1, 0.15) is 12.3 Å². The summed E-state index contributed by atoms with van der Waals surface area (Å²) in [5, 5.41) is 2.30. The molecule has 0 aliphatic heterocycles. The van der Waals surface area contributed by atoms with E-state index < -0.39 is 18.5 Å². The molecule has 5 nitrogen and oxygen atoms in total. The molecule has 1 amide bonds. The molecule has 0 aromatic heterocycles. The van der Waals surface area contributed by atoms with Crippen molar-refractivity contribution in [2.45, 2.75) is 26.4 Å². The smallest absolute Gasteiger partial charge is 0.387 e. The molecule has 0 bridgehead atoms. The number of benzene rings is 1. The summed E-state index contributed by atoms with van der Waals surface area (Å²) in [6.07, 6.45) is 1.63. The fraction of sp³-hybridized carbons (Fsp3) is 0.429. The second kappa shape index (κ2) is 8.89. The van der Waals surface area contributed by atoms with Gasteiger partial charge in [0.05, 0.1) is 12.2 Å². The largest absolute Gasteiger partial charge is 0.464 e. The Hall–Kier alpha value is -2.18. The quantitative estimate of drug-likeness (QED) is 0.591. The molecule has 0 saturated heterocycles. The molecule has 0 aliphatic carbocycles. The number of hydrogen-bond acceptors (Lipinski definition) is 4. The summed E-state index contributed by atoms with van der Waals surface area (Å²) in [6, 6.07) is 5.55. The highest BCUT2D eigenvalue weighted by Gasteiger charge is 2.16. The number of unbranched alkanes of at least 4 members (excludes halogenated alkanes) is 1. The third-order valence-corrected chi connectivity index (χ3v) is 2.50. The van der Waals surface area contributed by atoms with Crippen LogP contribution in [0.1, 0.15) is 30.1 Å². The van der Waals surface area contributed by atoms with Crippen molar-refractivity contribution in [1.82, 2.24) is 5.32 Å².